The summed E-state index contributed by atoms with van der Waals surface area (Å²) in [4.78, 5) is 17.6. The van der Waals surface area contributed by atoms with E-state index in [2.05, 4.69) is 54.1 Å². The Balaban J connectivity index is 1.56. The second kappa shape index (κ2) is 7.85. The number of anilines is 3. The molecular weight excluding hydrogens is 304 g/mol. The molecule has 0 spiro atoms. The molecule has 1 fully saturated rings. The third kappa shape index (κ3) is 4.27. The van der Waals surface area contributed by atoms with Gasteiger partial charge in [-0.3, -0.25) is 0 Å². The molecule has 3 rings (SSSR count). The second-order valence-corrected chi connectivity index (χ2v) is 6.27. The molecule has 0 radical (unpaired) electrons. The monoisotopic (exact) mass is 328 g/mol. The van der Waals surface area contributed by atoms with Gasteiger partial charge in [0.1, 0.15) is 0 Å². The average Bonchev–Trinajstić information content (AvgIpc) is 2.63. The molecule has 0 aromatic carbocycles. The Morgan fingerprint density at radius 1 is 1.08 bits per heavy atom. The van der Waals surface area contributed by atoms with E-state index in [0.29, 0.717) is 11.9 Å². The molecule has 1 aliphatic heterocycles. The molecule has 2 aromatic heterocycles. The largest absolute Gasteiger partial charge is 0.353 e. The lowest BCUT2D eigenvalue weighted by molar-refractivity contribution is 0.604. The van der Waals surface area contributed by atoms with Crippen molar-refractivity contribution < 1.29 is 0 Å². The number of hydrogen-bond donors (Lipinski definition) is 1. The first-order chi connectivity index (χ1) is 11.7. The predicted octanol–water partition coefficient (Wildman–Crippen LogP) is 1.45. The first-order valence-electron chi connectivity index (χ1n) is 8.43. The van der Waals surface area contributed by atoms with Crippen LogP contribution in [-0.4, -0.2) is 57.9 Å². The molecule has 2 aromatic rings. The van der Waals surface area contributed by atoms with Gasteiger partial charge in [0, 0.05) is 45.1 Å². The highest BCUT2D eigenvalue weighted by Crippen LogP contribution is 2.16. The SMILES string of the molecule is CC(C)CCNc1nncc(N2CCN(c3ncccn3)CC2)n1. The van der Waals surface area contributed by atoms with E-state index in [9.17, 15) is 0 Å². The first kappa shape index (κ1) is 16.4. The molecule has 0 amide bonds. The van der Waals surface area contributed by atoms with Crippen molar-refractivity contribution in [2.45, 2.75) is 20.3 Å². The maximum Gasteiger partial charge on any atom is 0.244 e. The number of hydrogen-bond acceptors (Lipinski definition) is 8. The normalized spacial score (nSPS) is 15.0. The molecule has 0 bridgehead atoms. The summed E-state index contributed by atoms with van der Waals surface area (Å²) in [6.45, 7) is 8.72. The summed E-state index contributed by atoms with van der Waals surface area (Å²) in [7, 11) is 0. The lowest BCUT2D eigenvalue weighted by atomic mass is 10.1. The minimum absolute atomic E-state index is 0.599. The zero-order valence-corrected chi connectivity index (χ0v) is 14.3. The number of nitrogens with zero attached hydrogens (tertiary/aromatic N) is 7. The highest BCUT2D eigenvalue weighted by Gasteiger charge is 2.20. The van der Waals surface area contributed by atoms with Crippen LogP contribution in [0.25, 0.3) is 0 Å². The molecule has 24 heavy (non-hydrogen) atoms. The van der Waals surface area contributed by atoms with E-state index in [-0.39, 0.29) is 0 Å². The van der Waals surface area contributed by atoms with E-state index in [4.69, 9.17) is 0 Å². The Morgan fingerprint density at radius 2 is 1.79 bits per heavy atom. The minimum atomic E-state index is 0.599. The number of aromatic nitrogens is 5. The fraction of sp³-hybridized carbons (Fsp3) is 0.562. The molecule has 128 valence electrons. The topological polar surface area (TPSA) is 83.0 Å². The van der Waals surface area contributed by atoms with E-state index >= 15 is 0 Å². The van der Waals surface area contributed by atoms with Crippen molar-refractivity contribution in [3.05, 3.63) is 24.7 Å². The van der Waals surface area contributed by atoms with Crippen LogP contribution < -0.4 is 15.1 Å². The average molecular weight is 328 g/mol. The molecule has 0 aliphatic carbocycles. The standard InChI is InChI=1S/C16H24N8/c1-13(2)4-7-17-15-21-14(12-20-22-15)23-8-10-24(11-9-23)16-18-5-3-6-19-16/h3,5-6,12-13H,4,7-11H2,1-2H3,(H,17,21,22). The molecule has 3 heterocycles. The molecule has 8 nitrogen and oxygen atoms in total. The third-order valence-corrected chi connectivity index (χ3v) is 3.99. The lowest BCUT2D eigenvalue weighted by Crippen LogP contribution is -2.47. The Bertz CT molecular complexity index is 625. The molecule has 0 atom stereocenters. The van der Waals surface area contributed by atoms with E-state index in [0.717, 1.165) is 50.9 Å². The summed E-state index contributed by atoms with van der Waals surface area (Å²) < 4.78 is 0. The highest BCUT2D eigenvalue weighted by atomic mass is 15.4. The van der Waals surface area contributed by atoms with Gasteiger partial charge in [-0.05, 0) is 18.4 Å². The van der Waals surface area contributed by atoms with Crippen LogP contribution in [0.3, 0.4) is 0 Å². The summed E-state index contributed by atoms with van der Waals surface area (Å²) in [5, 5.41) is 11.4. The van der Waals surface area contributed by atoms with Gasteiger partial charge in [0.25, 0.3) is 0 Å². The summed E-state index contributed by atoms with van der Waals surface area (Å²) >= 11 is 0. The van der Waals surface area contributed by atoms with Gasteiger partial charge in [0.2, 0.25) is 11.9 Å². The van der Waals surface area contributed by atoms with Gasteiger partial charge in [0.05, 0.1) is 6.20 Å². The molecular formula is C16H24N8. The van der Waals surface area contributed by atoms with Crippen molar-refractivity contribution in [1.82, 2.24) is 25.1 Å². The Labute approximate surface area is 142 Å². The first-order valence-corrected chi connectivity index (χ1v) is 8.43. The molecule has 0 saturated carbocycles. The number of piperazine rings is 1. The Morgan fingerprint density at radius 3 is 2.50 bits per heavy atom. The summed E-state index contributed by atoms with van der Waals surface area (Å²) in [5.74, 6) is 2.91. The second-order valence-electron chi connectivity index (χ2n) is 6.27. The zero-order valence-electron chi connectivity index (χ0n) is 14.3. The van der Waals surface area contributed by atoms with Gasteiger partial charge in [-0.15, -0.1) is 5.10 Å². The van der Waals surface area contributed by atoms with E-state index in [1.54, 1.807) is 18.6 Å². The zero-order chi connectivity index (χ0) is 16.8. The van der Waals surface area contributed by atoms with Crippen molar-refractivity contribution in [3.63, 3.8) is 0 Å². The molecule has 1 aliphatic rings. The molecule has 1 N–H and O–H groups in total. The van der Waals surface area contributed by atoms with Gasteiger partial charge >= 0.3 is 0 Å². The number of nitrogens with one attached hydrogen (secondary N) is 1. The van der Waals surface area contributed by atoms with Crippen LogP contribution in [0.2, 0.25) is 0 Å². The molecule has 1 saturated heterocycles. The number of rotatable bonds is 6. The van der Waals surface area contributed by atoms with Crippen LogP contribution in [0, 0.1) is 5.92 Å². The van der Waals surface area contributed by atoms with Crippen LogP contribution in [0.15, 0.2) is 24.7 Å². The van der Waals surface area contributed by atoms with Gasteiger partial charge in [-0.25, -0.2) is 9.97 Å². The lowest BCUT2D eigenvalue weighted by Gasteiger charge is -2.35. The molecule has 0 unspecified atom stereocenters. The van der Waals surface area contributed by atoms with Crippen LogP contribution in [0.1, 0.15) is 20.3 Å². The van der Waals surface area contributed by atoms with Gasteiger partial charge in [0.15, 0.2) is 5.82 Å². The van der Waals surface area contributed by atoms with E-state index in [1.165, 1.54) is 0 Å². The fourth-order valence-corrected chi connectivity index (χ4v) is 2.58. The smallest absolute Gasteiger partial charge is 0.244 e. The minimum Gasteiger partial charge on any atom is -0.353 e. The highest BCUT2D eigenvalue weighted by molar-refractivity contribution is 5.43. The van der Waals surface area contributed by atoms with Crippen LogP contribution in [-0.2, 0) is 0 Å². The third-order valence-electron chi connectivity index (χ3n) is 3.99. The quantitative estimate of drug-likeness (QED) is 0.853. The van der Waals surface area contributed by atoms with Gasteiger partial charge in [-0.1, -0.05) is 13.8 Å². The van der Waals surface area contributed by atoms with Crippen molar-refractivity contribution >= 4 is 17.7 Å². The van der Waals surface area contributed by atoms with Crippen molar-refractivity contribution in [2.75, 3.05) is 47.8 Å². The Kier molecular flexibility index (Phi) is 5.35. The summed E-state index contributed by atoms with van der Waals surface area (Å²) in [5.41, 5.74) is 0. The van der Waals surface area contributed by atoms with Gasteiger partial charge in [-0.2, -0.15) is 10.1 Å². The Hall–Kier alpha value is -2.51. The summed E-state index contributed by atoms with van der Waals surface area (Å²) in [6.07, 6.45) is 6.36. The van der Waals surface area contributed by atoms with Crippen molar-refractivity contribution in [3.8, 4) is 0 Å². The van der Waals surface area contributed by atoms with E-state index in [1.807, 2.05) is 6.07 Å². The fourth-order valence-electron chi connectivity index (χ4n) is 2.58. The maximum absolute atomic E-state index is 4.58. The van der Waals surface area contributed by atoms with Crippen LogP contribution in [0.4, 0.5) is 17.7 Å². The van der Waals surface area contributed by atoms with E-state index < -0.39 is 0 Å². The predicted molar refractivity (Wildman–Crippen MR) is 94.2 cm³/mol. The van der Waals surface area contributed by atoms with Crippen LogP contribution >= 0.6 is 0 Å². The maximum atomic E-state index is 4.58. The van der Waals surface area contributed by atoms with Crippen LogP contribution in [0.5, 0.6) is 0 Å². The van der Waals surface area contributed by atoms with Crippen molar-refractivity contribution in [2.24, 2.45) is 5.92 Å². The van der Waals surface area contributed by atoms with Gasteiger partial charge < -0.3 is 15.1 Å². The molecule has 8 heteroatoms. The summed E-state index contributed by atoms with van der Waals surface area (Å²) in [6, 6.07) is 1.83. The van der Waals surface area contributed by atoms with Crippen molar-refractivity contribution in [1.29, 1.82) is 0 Å².